The second-order valence-corrected chi connectivity index (χ2v) is 11.7. The molecule has 0 fully saturated rings. The van der Waals surface area contributed by atoms with Crippen molar-refractivity contribution in [1.82, 2.24) is 4.98 Å². The van der Waals surface area contributed by atoms with Crippen molar-refractivity contribution < 1.29 is 17.7 Å². The second kappa shape index (κ2) is 11.2. The van der Waals surface area contributed by atoms with Crippen LogP contribution in [0.15, 0.2) is 78.9 Å². The van der Waals surface area contributed by atoms with Crippen LogP contribution in [0.25, 0.3) is 23.1 Å². The van der Waals surface area contributed by atoms with Gasteiger partial charge >= 0.3 is 0 Å². The highest BCUT2D eigenvalue weighted by Gasteiger charge is 2.21. The van der Waals surface area contributed by atoms with Gasteiger partial charge < -0.3 is 5.11 Å². The second-order valence-electron chi connectivity index (χ2n) is 9.62. The van der Waals surface area contributed by atoms with Gasteiger partial charge in [-0.15, -0.1) is 0 Å². The summed E-state index contributed by atoms with van der Waals surface area (Å²) in [5, 5.41) is 12.0. The standard InChI is InChI=1S/C30H30ClNO4S/c1-30(2,33)24-9-6-7-21(19-24)11-18-29(36-37(3,34)35)27-10-5-4-8-22(27)13-16-26-17-14-23-12-15-25(31)20-28(23)32-26/h4-10,12-17,19-20,29,33H,11,18H2,1-3H3/b16-13+/t29-/m0/s1. The smallest absolute Gasteiger partial charge is 0.264 e. The molecule has 0 unspecified atom stereocenters. The lowest BCUT2D eigenvalue weighted by Gasteiger charge is -2.21. The largest absolute Gasteiger partial charge is 0.386 e. The topological polar surface area (TPSA) is 76.5 Å². The van der Waals surface area contributed by atoms with Gasteiger partial charge in [0, 0.05) is 10.4 Å². The molecule has 0 saturated heterocycles. The quantitative estimate of drug-likeness (QED) is 0.235. The molecule has 1 atom stereocenters. The highest BCUT2D eigenvalue weighted by Crippen LogP contribution is 2.30. The molecule has 0 radical (unpaired) electrons. The maximum absolute atomic E-state index is 12.2. The van der Waals surface area contributed by atoms with Crippen LogP contribution in [0.5, 0.6) is 0 Å². The Bertz CT molecular complexity index is 1540. The van der Waals surface area contributed by atoms with Crippen molar-refractivity contribution in [3.63, 3.8) is 0 Å². The van der Waals surface area contributed by atoms with Crippen LogP contribution < -0.4 is 0 Å². The summed E-state index contributed by atoms with van der Waals surface area (Å²) in [6.07, 6.45) is 5.22. The van der Waals surface area contributed by atoms with Crippen LogP contribution in [-0.2, 0) is 26.3 Å². The third-order valence-electron chi connectivity index (χ3n) is 6.07. The predicted octanol–water partition coefficient (Wildman–Crippen LogP) is 6.94. The van der Waals surface area contributed by atoms with Crippen LogP contribution >= 0.6 is 11.6 Å². The summed E-state index contributed by atoms with van der Waals surface area (Å²) in [6.45, 7) is 3.48. The third-order valence-corrected chi connectivity index (χ3v) is 6.89. The minimum atomic E-state index is -3.71. The zero-order valence-corrected chi connectivity index (χ0v) is 22.6. The molecule has 0 amide bonds. The summed E-state index contributed by atoms with van der Waals surface area (Å²) in [6, 6.07) is 24.8. The number of hydrogen-bond donors (Lipinski definition) is 1. The van der Waals surface area contributed by atoms with Crippen molar-refractivity contribution in [3.8, 4) is 0 Å². The summed E-state index contributed by atoms with van der Waals surface area (Å²) in [5.74, 6) is 0. The molecule has 192 valence electrons. The maximum atomic E-state index is 12.2. The van der Waals surface area contributed by atoms with E-state index in [2.05, 4.69) is 4.98 Å². The molecule has 0 spiro atoms. The number of aliphatic hydroxyl groups is 1. The minimum absolute atomic E-state index is 0.444. The average molecular weight is 536 g/mol. The molecule has 5 nitrogen and oxygen atoms in total. The molecule has 7 heteroatoms. The van der Waals surface area contributed by atoms with Crippen LogP contribution in [0.3, 0.4) is 0 Å². The Labute approximate surface area is 223 Å². The number of nitrogens with zero attached hydrogens (tertiary/aromatic N) is 1. The Kier molecular flexibility index (Phi) is 8.14. The van der Waals surface area contributed by atoms with Crippen molar-refractivity contribution in [2.75, 3.05) is 6.26 Å². The SMILES string of the molecule is CC(C)(O)c1cccc(CC[C@H](OS(C)(=O)=O)c2ccccc2/C=C/c2ccc3ccc(Cl)cc3n2)c1. The maximum Gasteiger partial charge on any atom is 0.264 e. The van der Waals surface area contributed by atoms with E-state index in [0.717, 1.165) is 45.1 Å². The number of benzene rings is 3. The first-order valence-electron chi connectivity index (χ1n) is 12.0. The van der Waals surface area contributed by atoms with Gasteiger partial charge in [0.1, 0.15) is 6.10 Å². The lowest BCUT2D eigenvalue weighted by molar-refractivity contribution is 0.0785. The molecule has 4 rings (SSSR count). The summed E-state index contributed by atoms with van der Waals surface area (Å²) in [5.41, 5.74) is 4.01. The lowest BCUT2D eigenvalue weighted by Crippen LogP contribution is -2.16. The van der Waals surface area contributed by atoms with Crippen LogP contribution in [0.1, 0.15) is 54.3 Å². The van der Waals surface area contributed by atoms with E-state index in [1.54, 1.807) is 13.8 Å². The van der Waals surface area contributed by atoms with E-state index in [-0.39, 0.29) is 0 Å². The van der Waals surface area contributed by atoms with Gasteiger partial charge in [0.2, 0.25) is 0 Å². The highest BCUT2D eigenvalue weighted by atomic mass is 35.5. The zero-order chi connectivity index (χ0) is 26.6. The molecule has 4 aromatic rings. The first kappa shape index (κ1) is 27.0. The summed E-state index contributed by atoms with van der Waals surface area (Å²) in [7, 11) is -3.71. The van der Waals surface area contributed by atoms with E-state index in [4.69, 9.17) is 15.8 Å². The Morgan fingerprint density at radius 3 is 2.51 bits per heavy atom. The molecular formula is C30H30ClNO4S. The van der Waals surface area contributed by atoms with Crippen molar-refractivity contribution in [1.29, 1.82) is 0 Å². The Morgan fingerprint density at radius 1 is 1.00 bits per heavy atom. The molecule has 0 aliphatic carbocycles. The van der Waals surface area contributed by atoms with Crippen LogP contribution in [0.4, 0.5) is 0 Å². The van der Waals surface area contributed by atoms with E-state index in [9.17, 15) is 13.5 Å². The van der Waals surface area contributed by atoms with Crippen molar-refractivity contribution in [3.05, 3.63) is 112 Å². The zero-order valence-electron chi connectivity index (χ0n) is 21.1. The number of halogens is 1. The molecule has 37 heavy (non-hydrogen) atoms. The molecule has 1 aromatic heterocycles. The summed E-state index contributed by atoms with van der Waals surface area (Å²) in [4.78, 5) is 4.67. The molecule has 3 aromatic carbocycles. The molecular weight excluding hydrogens is 506 g/mol. The number of rotatable bonds is 9. The molecule has 0 bridgehead atoms. The normalized spacial score (nSPS) is 13.3. The lowest BCUT2D eigenvalue weighted by atomic mass is 9.93. The third kappa shape index (κ3) is 7.49. The van der Waals surface area contributed by atoms with Crippen LogP contribution in [0.2, 0.25) is 5.02 Å². The van der Waals surface area contributed by atoms with Crippen LogP contribution in [0, 0.1) is 0 Å². The molecule has 1 N–H and O–H groups in total. The van der Waals surface area contributed by atoms with E-state index in [1.165, 1.54) is 0 Å². The van der Waals surface area contributed by atoms with Gasteiger partial charge in [-0.1, -0.05) is 78.3 Å². The fourth-order valence-corrected chi connectivity index (χ4v) is 4.99. The number of aromatic nitrogens is 1. The van der Waals surface area contributed by atoms with Gasteiger partial charge in [0.25, 0.3) is 10.1 Å². The predicted molar refractivity (Wildman–Crippen MR) is 151 cm³/mol. The number of pyridine rings is 1. The number of fused-ring (bicyclic) bond motifs is 1. The van der Waals surface area contributed by atoms with Gasteiger partial charge in [0.05, 0.1) is 23.1 Å². The Balaban J connectivity index is 1.62. The first-order chi connectivity index (χ1) is 17.5. The molecule has 0 aliphatic rings. The molecule has 0 saturated carbocycles. The number of aryl methyl sites for hydroxylation is 1. The van der Waals surface area contributed by atoms with E-state index in [0.29, 0.717) is 17.9 Å². The van der Waals surface area contributed by atoms with Gasteiger partial charge in [0.15, 0.2) is 0 Å². The fourth-order valence-electron chi connectivity index (χ4n) is 4.20. The van der Waals surface area contributed by atoms with Gasteiger partial charge in [-0.2, -0.15) is 8.42 Å². The van der Waals surface area contributed by atoms with E-state index < -0.39 is 21.8 Å². The van der Waals surface area contributed by atoms with E-state index >= 15 is 0 Å². The van der Waals surface area contributed by atoms with Crippen molar-refractivity contribution in [2.24, 2.45) is 0 Å². The van der Waals surface area contributed by atoms with Gasteiger partial charge in [-0.3, -0.25) is 4.18 Å². The minimum Gasteiger partial charge on any atom is -0.386 e. The van der Waals surface area contributed by atoms with Gasteiger partial charge in [-0.25, -0.2) is 4.98 Å². The first-order valence-corrected chi connectivity index (χ1v) is 14.2. The molecule has 0 aliphatic heterocycles. The Morgan fingerprint density at radius 2 is 1.76 bits per heavy atom. The summed E-state index contributed by atoms with van der Waals surface area (Å²) >= 11 is 6.12. The summed E-state index contributed by atoms with van der Waals surface area (Å²) < 4.78 is 29.9. The number of hydrogen-bond acceptors (Lipinski definition) is 5. The fraction of sp³-hybridized carbons (Fsp3) is 0.233. The van der Waals surface area contributed by atoms with E-state index in [1.807, 2.05) is 91.0 Å². The average Bonchev–Trinajstić information content (AvgIpc) is 2.84. The molecule has 1 heterocycles. The monoisotopic (exact) mass is 535 g/mol. The van der Waals surface area contributed by atoms with Crippen LogP contribution in [-0.4, -0.2) is 24.8 Å². The van der Waals surface area contributed by atoms with Crippen molar-refractivity contribution >= 4 is 44.8 Å². The van der Waals surface area contributed by atoms with Gasteiger partial charge in [-0.05, 0) is 73.2 Å². The van der Waals surface area contributed by atoms with Crippen molar-refractivity contribution in [2.45, 2.75) is 38.4 Å². The Hall–Kier alpha value is -3.03. The highest BCUT2D eigenvalue weighted by molar-refractivity contribution is 7.86.